The van der Waals surface area contributed by atoms with Crippen molar-refractivity contribution in [2.75, 3.05) is 6.61 Å². The molecule has 0 aliphatic heterocycles. The Labute approximate surface area is 125 Å². The van der Waals surface area contributed by atoms with E-state index in [-0.39, 0.29) is 0 Å². The van der Waals surface area contributed by atoms with Gasteiger partial charge in [0.05, 0.1) is 6.61 Å². The average molecular weight is 289 g/mol. The maximum Gasteiger partial charge on any atom is 0.119 e. The molecule has 0 aliphatic rings. The lowest BCUT2D eigenvalue weighted by atomic mass is 10.2. The zero-order chi connectivity index (χ0) is 14.2. The first-order valence-electron chi connectivity index (χ1n) is 7.28. The molecule has 1 aromatic heterocycles. The summed E-state index contributed by atoms with van der Waals surface area (Å²) in [5, 5.41) is 5.66. The molecule has 0 aliphatic carbocycles. The number of hydrogen-bond donors (Lipinski definition) is 1. The van der Waals surface area contributed by atoms with Crippen molar-refractivity contribution in [2.24, 2.45) is 0 Å². The van der Waals surface area contributed by atoms with Crippen LogP contribution in [-0.4, -0.2) is 6.61 Å². The van der Waals surface area contributed by atoms with Gasteiger partial charge in [-0.1, -0.05) is 31.5 Å². The molecule has 1 heterocycles. The van der Waals surface area contributed by atoms with E-state index in [2.05, 4.69) is 60.9 Å². The van der Waals surface area contributed by atoms with Crippen LogP contribution in [0.25, 0.3) is 0 Å². The highest BCUT2D eigenvalue weighted by atomic mass is 32.1. The lowest BCUT2D eigenvalue weighted by Gasteiger charge is -2.12. The molecule has 0 saturated heterocycles. The van der Waals surface area contributed by atoms with Crippen LogP contribution in [0.5, 0.6) is 5.75 Å². The second-order valence-electron chi connectivity index (χ2n) is 4.96. The minimum atomic E-state index is 0.399. The van der Waals surface area contributed by atoms with Crippen LogP contribution in [-0.2, 0) is 6.54 Å². The van der Waals surface area contributed by atoms with E-state index in [9.17, 15) is 0 Å². The van der Waals surface area contributed by atoms with Gasteiger partial charge in [-0.15, -0.1) is 11.3 Å². The Morgan fingerprint density at radius 2 is 2.00 bits per heavy atom. The molecule has 2 nitrogen and oxygen atoms in total. The Hall–Kier alpha value is -1.32. The van der Waals surface area contributed by atoms with Gasteiger partial charge >= 0.3 is 0 Å². The van der Waals surface area contributed by atoms with E-state index in [1.165, 1.54) is 16.9 Å². The number of thiophene rings is 1. The molecule has 0 radical (unpaired) electrons. The summed E-state index contributed by atoms with van der Waals surface area (Å²) >= 11 is 1.80. The first-order chi connectivity index (χ1) is 9.79. The van der Waals surface area contributed by atoms with Crippen LogP contribution in [0.15, 0.2) is 41.8 Å². The van der Waals surface area contributed by atoms with Crippen LogP contribution in [0.4, 0.5) is 0 Å². The molecule has 1 N–H and O–H groups in total. The third-order valence-electron chi connectivity index (χ3n) is 3.27. The zero-order valence-electron chi connectivity index (χ0n) is 12.3. The SMILES string of the molecule is CCCCOc1ccc(CNC(C)c2cccs2)cc1. The highest BCUT2D eigenvalue weighted by molar-refractivity contribution is 7.10. The predicted molar refractivity (Wildman–Crippen MR) is 86.4 cm³/mol. The highest BCUT2D eigenvalue weighted by Gasteiger charge is 2.05. The van der Waals surface area contributed by atoms with Crippen molar-refractivity contribution < 1.29 is 4.74 Å². The summed E-state index contributed by atoms with van der Waals surface area (Å²) in [7, 11) is 0. The molecule has 20 heavy (non-hydrogen) atoms. The molecule has 1 aromatic carbocycles. The molecule has 0 saturated carbocycles. The van der Waals surface area contributed by atoms with Gasteiger partial charge in [-0.05, 0) is 42.5 Å². The van der Waals surface area contributed by atoms with Gasteiger partial charge in [0.15, 0.2) is 0 Å². The van der Waals surface area contributed by atoms with Crippen LogP contribution < -0.4 is 10.1 Å². The fraction of sp³-hybridized carbons (Fsp3) is 0.412. The smallest absolute Gasteiger partial charge is 0.119 e. The van der Waals surface area contributed by atoms with Gasteiger partial charge in [0.25, 0.3) is 0 Å². The van der Waals surface area contributed by atoms with Crippen LogP contribution in [0, 0.1) is 0 Å². The van der Waals surface area contributed by atoms with Gasteiger partial charge in [0.2, 0.25) is 0 Å². The Morgan fingerprint density at radius 1 is 1.20 bits per heavy atom. The van der Waals surface area contributed by atoms with E-state index in [0.29, 0.717) is 6.04 Å². The molecule has 0 amide bonds. The number of unbranched alkanes of at least 4 members (excludes halogenated alkanes) is 1. The number of hydrogen-bond acceptors (Lipinski definition) is 3. The molecular weight excluding hydrogens is 266 g/mol. The Morgan fingerprint density at radius 3 is 2.65 bits per heavy atom. The first kappa shape index (κ1) is 15.1. The van der Waals surface area contributed by atoms with Gasteiger partial charge in [-0.25, -0.2) is 0 Å². The summed E-state index contributed by atoms with van der Waals surface area (Å²) in [5.74, 6) is 0.966. The number of nitrogens with one attached hydrogen (secondary N) is 1. The first-order valence-corrected chi connectivity index (χ1v) is 8.16. The maximum atomic E-state index is 5.67. The quantitative estimate of drug-likeness (QED) is 0.706. The minimum Gasteiger partial charge on any atom is -0.494 e. The molecule has 1 unspecified atom stereocenters. The molecule has 0 fully saturated rings. The summed E-state index contributed by atoms with van der Waals surface area (Å²) in [6, 6.07) is 13.1. The van der Waals surface area contributed by atoms with E-state index in [1.807, 2.05) is 0 Å². The summed E-state index contributed by atoms with van der Waals surface area (Å²) in [6.07, 6.45) is 2.28. The third kappa shape index (κ3) is 4.66. The molecule has 2 rings (SSSR count). The normalized spacial score (nSPS) is 12.3. The largest absolute Gasteiger partial charge is 0.494 e. The third-order valence-corrected chi connectivity index (χ3v) is 4.33. The summed E-state index contributed by atoms with van der Waals surface area (Å²) < 4.78 is 5.67. The molecule has 3 heteroatoms. The van der Waals surface area contributed by atoms with Crippen LogP contribution in [0.3, 0.4) is 0 Å². The summed E-state index contributed by atoms with van der Waals surface area (Å²) in [6.45, 7) is 6.07. The van der Waals surface area contributed by atoms with Crippen molar-refractivity contribution in [1.82, 2.24) is 5.32 Å². The fourth-order valence-electron chi connectivity index (χ4n) is 1.95. The van der Waals surface area contributed by atoms with Crippen molar-refractivity contribution in [3.05, 3.63) is 52.2 Å². The Bertz CT molecular complexity index is 478. The van der Waals surface area contributed by atoms with Gasteiger partial charge in [0.1, 0.15) is 5.75 Å². The zero-order valence-corrected chi connectivity index (χ0v) is 13.1. The van der Waals surface area contributed by atoms with Crippen LogP contribution in [0.1, 0.15) is 43.2 Å². The van der Waals surface area contributed by atoms with E-state index < -0.39 is 0 Å². The number of benzene rings is 1. The number of rotatable bonds is 8. The van der Waals surface area contributed by atoms with Crippen molar-refractivity contribution in [1.29, 1.82) is 0 Å². The van der Waals surface area contributed by atoms with Gasteiger partial charge in [-0.3, -0.25) is 0 Å². The molecule has 1 atom stereocenters. The average Bonchev–Trinajstić information content (AvgIpc) is 3.01. The van der Waals surface area contributed by atoms with Crippen molar-refractivity contribution in [2.45, 2.75) is 39.3 Å². The van der Waals surface area contributed by atoms with Crippen LogP contribution in [0.2, 0.25) is 0 Å². The van der Waals surface area contributed by atoms with E-state index >= 15 is 0 Å². The molecule has 0 spiro atoms. The maximum absolute atomic E-state index is 5.67. The Kier molecular flexibility index (Phi) is 6.09. The summed E-state index contributed by atoms with van der Waals surface area (Å²) in [5.41, 5.74) is 1.29. The second kappa shape index (κ2) is 8.08. The van der Waals surface area contributed by atoms with Crippen molar-refractivity contribution >= 4 is 11.3 Å². The van der Waals surface area contributed by atoms with Crippen molar-refractivity contribution in [3.8, 4) is 5.75 Å². The van der Waals surface area contributed by atoms with Gasteiger partial charge < -0.3 is 10.1 Å². The molecule has 2 aromatic rings. The predicted octanol–water partition coefficient (Wildman–Crippen LogP) is 4.78. The molecule has 108 valence electrons. The standard InChI is InChI=1S/C17H23NOS/c1-3-4-11-19-16-9-7-15(8-10-16)13-18-14(2)17-6-5-12-20-17/h5-10,12,14,18H,3-4,11,13H2,1-2H3. The summed E-state index contributed by atoms with van der Waals surface area (Å²) in [4.78, 5) is 1.38. The lowest BCUT2D eigenvalue weighted by Crippen LogP contribution is -2.17. The molecular formula is C17H23NOS. The highest BCUT2D eigenvalue weighted by Crippen LogP contribution is 2.19. The fourth-order valence-corrected chi connectivity index (χ4v) is 2.71. The molecule has 0 bridgehead atoms. The van der Waals surface area contributed by atoms with Gasteiger partial charge in [-0.2, -0.15) is 0 Å². The monoisotopic (exact) mass is 289 g/mol. The Balaban J connectivity index is 1.78. The lowest BCUT2D eigenvalue weighted by molar-refractivity contribution is 0.309. The van der Waals surface area contributed by atoms with Crippen LogP contribution >= 0.6 is 11.3 Å². The van der Waals surface area contributed by atoms with E-state index in [1.54, 1.807) is 11.3 Å². The minimum absolute atomic E-state index is 0.399. The van der Waals surface area contributed by atoms with E-state index in [4.69, 9.17) is 4.74 Å². The van der Waals surface area contributed by atoms with E-state index in [0.717, 1.165) is 25.3 Å². The topological polar surface area (TPSA) is 21.3 Å². The second-order valence-corrected chi connectivity index (χ2v) is 5.94. The number of ether oxygens (including phenoxy) is 1. The van der Waals surface area contributed by atoms with Crippen molar-refractivity contribution in [3.63, 3.8) is 0 Å². The van der Waals surface area contributed by atoms with Gasteiger partial charge in [0, 0.05) is 17.5 Å².